The molecule has 1 aromatic heterocycles. The summed E-state index contributed by atoms with van der Waals surface area (Å²) in [6, 6.07) is 2.18. The van der Waals surface area contributed by atoms with E-state index in [1.54, 1.807) is 10.4 Å². The molecule has 1 atom stereocenters. The Kier molecular flexibility index (Phi) is 3.89. The number of rotatable bonds is 3. The minimum Gasteiger partial charge on any atom is -0.326 e. The number of nitrogens with zero attached hydrogens (tertiary/aromatic N) is 2. The summed E-state index contributed by atoms with van der Waals surface area (Å²) in [6.45, 7) is 5.55. The summed E-state index contributed by atoms with van der Waals surface area (Å²) in [5.74, 6) is 0. The lowest BCUT2D eigenvalue weighted by atomic mass is 10.2. The average Bonchev–Trinajstić information content (AvgIpc) is 3.03. The molecular weight excluding hydrogens is 294 g/mol. The maximum atomic E-state index is 12.7. The Hall–Kier alpha value is -0.470. The van der Waals surface area contributed by atoms with Crippen LogP contribution in [0.25, 0.3) is 0 Å². The standard InChI is InChI=1S/C13H21N3O2S2/c1-10-7-13(19-12(10)8-14)20(17,18)16-6-5-15-4-2-3-11(15)9-16/h7,11H,2-6,8-9,14H2,1H3. The molecule has 5 nitrogen and oxygen atoms in total. The van der Waals surface area contributed by atoms with Gasteiger partial charge >= 0.3 is 0 Å². The summed E-state index contributed by atoms with van der Waals surface area (Å²) >= 11 is 1.32. The minimum atomic E-state index is -3.34. The monoisotopic (exact) mass is 315 g/mol. The molecule has 2 aliphatic rings. The fourth-order valence-electron chi connectivity index (χ4n) is 3.13. The van der Waals surface area contributed by atoms with Gasteiger partial charge in [-0.15, -0.1) is 11.3 Å². The molecule has 0 aliphatic carbocycles. The summed E-state index contributed by atoms with van der Waals surface area (Å²) in [6.07, 6.45) is 2.30. The third-order valence-corrected chi connectivity index (χ3v) is 7.90. The molecule has 2 saturated heterocycles. The van der Waals surface area contributed by atoms with E-state index < -0.39 is 10.0 Å². The zero-order chi connectivity index (χ0) is 14.3. The first-order valence-electron chi connectivity index (χ1n) is 7.06. The van der Waals surface area contributed by atoms with Crippen LogP contribution < -0.4 is 5.73 Å². The SMILES string of the molecule is Cc1cc(S(=O)(=O)N2CCN3CCCC3C2)sc1CN. The van der Waals surface area contributed by atoms with Crippen LogP contribution in [-0.4, -0.2) is 49.8 Å². The van der Waals surface area contributed by atoms with Gasteiger partial charge in [-0.25, -0.2) is 8.42 Å². The maximum Gasteiger partial charge on any atom is 0.252 e. The number of thiophene rings is 1. The van der Waals surface area contributed by atoms with Crippen molar-refractivity contribution in [3.05, 3.63) is 16.5 Å². The van der Waals surface area contributed by atoms with Gasteiger partial charge in [-0.1, -0.05) is 0 Å². The van der Waals surface area contributed by atoms with E-state index in [0.717, 1.165) is 30.0 Å². The highest BCUT2D eigenvalue weighted by molar-refractivity contribution is 7.91. The second-order valence-electron chi connectivity index (χ2n) is 5.57. The molecule has 2 aliphatic heterocycles. The predicted octanol–water partition coefficient (Wildman–Crippen LogP) is 0.984. The number of nitrogens with two attached hydrogens (primary N) is 1. The lowest BCUT2D eigenvalue weighted by molar-refractivity contribution is 0.158. The van der Waals surface area contributed by atoms with Crippen LogP contribution in [0, 0.1) is 6.92 Å². The van der Waals surface area contributed by atoms with Crippen molar-refractivity contribution < 1.29 is 8.42 Å². The first-order chi connectivity index (χ1) is 9.52. The number of hydrogen-bond donors (Lipinski definition) is 1. The summed E-state index contributed by atoms with van der Waals surface area (Å²) in [4.78, 5) is 3.37. The van der Waals surface area contributed by atoms with Gasteiger partial charge in [-0.2, -0.15) is 4.31 Å². The fraction of sp³-hybridized carbons (Fsp3) is 0.692. The molecule has 7 heteroatoms. The predicted molar refractivity (Wildman–Crippen MR) is 80.3 cm³/mol. The molecule has 0 aromatic carbocycles. The van der Waals surface area contributed by atoms with E-state index in [-0.39, 0.29) is 0 Å². The third-order valence-electron chi connectivity index (χ3n) is 4.33. The van der Waals surface area contributed by atoms with Gasteiger partial charge in [0, 0.05) is 37.1 Å². The molecule has 2 N–H and O–H groups in total. The molecule has 3 heterocycles. The largest absolute Gasteiger partial charge is 0.326 e. The minimum absolute atomic E-state index is 0.405. The average molecular weight is 315 g/mol. The molecule has 1 unspecified atom stereocenters. The van der Waals surface area contributed by atoms with Crippen molar-refractivity contribution in [1.82, 2.24) is 9.21 Å². The van der Waals surface area contributed by atoms with Crippen LogP contribution in [0.5, 0.6) is 0 Å². The molecule has 0 bridgehead atoms. The van der Waals surface area contributed by atoms with Gasteiger partial charge in [-0.05, 0) is 37.9 Å². The Morgan fingerprint density at radius 2 is 2.20 bits per heavy atom. The molecule has 0 amide bonds. The van der Waals surface area contributed by atoms with Crippen LogP contribution in [0.3, 0.4) is 0 Å². The summed E-state index contributed by atoms with van der Waals surface area (Å²) in [5, 5.41) is 0. The van der Waals surface area contributed by atoms with Crippen molar-refractivity contribution in [2.24, 2.45) is 5.73 Å². The Morgan fingerprint density at radius 1 is 1.40 bits per heavy atom. The maximum absolute atomic E-state index is 12.7. The quantitative estimate of drug-likeness (QED) is 0.903. The van der Waals surface area contributed by atoms with Crippen molar-refractivity contribution in [1.29, 1.82) is 0 Å². The first kappa shape index (κ1) is 14.5. The van der Waals surface area contributed by atoms with Gasteiger partial charge in [0.2, 0.25) is 0 Å². The third kappa shape index (κ3) is 2.42. The smallest absolute Gasteiger partial charge is 0.252 e. The highest BCUT2D eigenvalue weighted by Gasteiger charge is 2.36. The van der Waals surface area contributed by atoms with Crippen molar-refractivity contribution in [3.63, 3.8) is 0 Å². The van der Waals surface area contributed by atoms with Crippen molar-refractivity contribution in [2.75, 3.05) is 26.2 Å². The highest BCUT2D eigenvalue weighted by Crippen LogP contribution is 2.31. The lowest BCUT2D eigenvalue weighted by Gasteiger charge is -2.36. The van der Waals surface area contributed by atoms with Gasteiger partial charge < -0.3 is 5.73 Å². The van der Waals surface area contributed by atoms with Gasteiger partial charge in [0.25, 0.3) is 10.0 Å². The number of fused-ring (bicyclic) bond motifs is 1. The number of sulfonamides is 1. The normalized spacial score (nSPS) is 25.0. The Labute approximate surface area is 124 Å². The van der Waals surface area contributed by atoms with Crippen molar-refractivity contribution >= 4 is 21.4 Å². The summed E-state index contributed by atoms with van der Waals surface area (Å²) < 4.78 is 27.6. The number of hydrogen-bond acceptors (Lipinski definition) is 5. The van der Waals surface area contributed by atoms with Crippen LogP contribution in [0.4, 0.5) is 0 Å². The van der Waals surface area contributed by atoms with E-state index in [2.05, 4.69) is 4.90 Å². The van der Waals surface area contributed by atoms with Crippen LogP contribution in [-0.2, 0) is 16.6 Å². The van der Waals surface area contributed by atoms with E-state index in [9.17, 15) is 8.42 Å². The molecule has 20 heavy (non-hydrogen) atoms. The molecule has 0 saturated carbocycles. The second kappa shape index (κ2) is 5.38. The molecular formula is C13H21N3O2S2. The highest BCUT2D eigenvalue weighted by atomic mass is 32.2. The van der Waals surface area contributed by atoms with E-state index >= 15 is 0 Å². The number of piperazine rings is 1. The van der Waals surface area contributed by atoms with Crippen LogP contribution in [0.1, 0.15) is 23.3 Å². The second-order valence-corrected chi connectivity index (χ2v) is 8.87. The van der Waals surface area contributed by atoms with Gasteiger partial charge in [0.1, 0.15) is 4.21 Å². The molecule has 0 radical (unpaired) electrons. The van der Waals surface area contributed by atoms with E-state index in [1.165, 1.54) is 17.8 Å². The van der Waals surface area contributed by atoms with Gasteiger partial charge in [-0.3, -0.25) is 4.90 Å². The van der Waals surface area contributed by atoms with E-state index in [1.807, 2.05) is 6.92 Å². The van der Waals surface area contributed by atoms with E-state index in [0.29, 0.717) is 29.9 Å². The summed E-state index contributed by atoms with van der Waals surface area (Å²) in [5.41, 5.74) is 6.63. The Morgan fingerprint density at radius 3 is 2.90 bits per heavy atom. The zero-order valence-corrected chi connectivity index (χ0v) is 13.3. The summed E-state index contributed by atoms with van der Waals surface area (Å²) in [7, 11) is -3.34. The molecule has 1 aromatic rings. The van der Waals surface area contributed by atoms with Crippen LogP contribution >= 0.6 is 11.3 Å². The Bertz CT molecular complexity index is 597. The molecule has 2 fully saturated rings. The fourth-order valence-corrected chi connectivity index (χ4v) is 6.22. The molecule has 112 valence electrons. The lowest BCUT2D eigenvalue weighted by Crippen LogP contribution is -2.51. The van der Waals surface area contributed by atoms with Gasteiger partial charge in [0.15, 0.2) is 0 Å². The van der Waals surface area contributed by atoms with Gasteiger partial charge in [0.05, 0.1) is 0 Å². The van der Waals surface area contributed by atoms with E-state index in [4.69, 9.17) is 5.73 Å². The zero-order valence-electron chi connectivity index (χ0n) is 11.7. The molecule has 3 rings (SSSR count). The first-order valence-corrected chi connectivity index (χ1v) is 9.31. The van der Waals surface area contributed by atoms with Crippen LogP contribution in [0.2, 0.25) is 0 Å². The Balaban J connectivity index is 1.84. The topological polar surface area (TPSA) is 66.6 Å². The van der Waals surface area contributed by atoms with Crippen molar-refractivity contribution in [2.45, 2.75) is 36.6 Å². The number of aryl methyl sites for hydroxylation is 1. The molecule has 0 spiro atoms. The van der Waals surface area contributed by atoms with Crippen molar-refractivity contribution in [3.8, 4) is 0 Å². The van der Waals surface area contributed by atoms with Crippen LogP contribution in [0.15, 0.2) is 10.3 Å².